The van der Waals surface area contributed by atoms with Crippen LogP contribution in [-0.2, 0) is 4.74 Å². The van der Waals surface area contributed by atoms with Crippen LogP contribution >= 0.6 is 0 Å². The second kappa shape index (κ2) is 9.21. The molecule has 3 rings (SSSR count). The Kier molecular flexibility index (Phi) is 6.72. The molecule has 0 bridgehead atoms. The fourth-order valence-electron chi connectivity index (χ4n) is 4.08. The third-order valence-corrected chi connectivity index (χ3v) is 5.49. The van der Waals surface area contributed by atoms with Crippen molar-refractivity contribution in [2.24, 2.45) is 0 Å². The van der Waals surface area contributed by atoms with Gasteiger partial charge in [-0.15, -0.1) is 0 Å². The number of aromatic nitrogens is 1. The van der Waals surface area contributed by atoms with Gasteiger partial charge in [0.05, 0.1) is 13.2 Å². The van der Waals surface area contributed by atoms with Gasteiger partial charge >= 0.3 is 6.09 Å². The van der Waals surface area contributed by atoms with E-state index in [1.54, 1.807) is 0 Å². The van der Waals surface area contributed by atoms with Gasteiger partial charge in [0.2, 0.25) is 5.88 Å². The predicted molar refractivity (Wildman–Crippen MR) is 101 cm³/mol. The number of piperidine rings is 2. The number of amides is 1. The molecule has 3 heterocycles. The SMILES string of the molecule is CCOC(=O)N1CCC(N2CCC(c3cccc(OCC)n3)CC2)CC1. The summed E-state index contributed by atoms with van der Waals surface area (Å²) in [5.41, 5.74) is 1.16. The van der Waals surface area contributed by atoms with Crippen LogP contribution in [0.4, 0.5) is 4.79 Å². The Bertz CT molecular complexity index is 579. The quantitative estimate of drug-likeness (QED) is 0.806. The first kappa shape index (κ1) is 19.0. The van der Waals surface area contributed by atoms with Crippen LogP contribution in [0.5, 0.6) is 5.88 Å². The zero-order chi connectivity index (χ0) is 18.4. The molecule has 0 saturated carbocycles. The number of carbonyl (C=O) groups is 1. The molecule has 1 aromatic heterocycles. The number of pyridine rings is 1. The highest BCUT2D eigenvalue weighted by Gasteiger charge is 2.30. The molecule has 0 atom stereocenters. The molecule has 2 saturated heterocycles. The topological polar surface area (TPSA) is 54.9 Å². The molecule has 0 aliphatic carbocycles. The van der Waals surface area contributed by atoms with Crippen molar-refractivity contribution in [2.75, 3.05) is 39.4 Å². The highest BCUT2D eigenvalue weighted by atomic mass is 16.6. The van der Waals surface area contributed by atoms with Crippen molar-refractivity contribution < 1.29 is 14.3 Å². The van der Waals surface area contributed by atoms with Crippen LogP contribution in [0.25, 0.3) is 0 Å². The Labute approximate surface area is 156 Å². The highest BCUT2D eigenvalue weighted by molar-refractivity contribution is 5.67. The fraction of sp³-hybridized carbons (Fsp3) is 0.700. The molecular formula is C20H31N3O3. The second-order valence-corrected chi connectivity index (χ2v) is 7.06. The summed E-state index contributed by atoms with van der Waals surface area (Å²) < 4.78 is 10.6. The Morgan fingerprint density at radius 2 is 1.81 bits per heavy atom. The van der Waals surface area contributed by atoms with Crippen molar-refractivity contribution in [1.82, 2.24) is 14.8 Å². The van der Waals surface area contributed by atoms with Gasteiger partial charge in [-0.3, -0.25) is 0 Å². The van der Waals surface area contributed by atoms with Crippen LogP contribution in [0.2, 0.25) is 0 Å². The van der Waals surface area contributed by atoms with Gasteiger partial charge in [-0.05, 0) is 58.7 Å². The number of likely N-dealkylation sites (tertiary alicyclic amines) is 2. The Morgan fingerprint density at radius 3 is 2.46 bits per heavy atom. The standard InChI is InChI=1S/C20H31N3O3/c1-3-25-19-7-5-6-18(21-19)16-8-12-22(13-9-16)17-10-14-23(15-11-17)20(24)26-4-2/h5-7,16-17H,3-4,8-15H2,1-2H3. The van der Waals surface area contributed by atoms with Crippen LogP contribution < -0.4 is 4.74 Å². The maximum atomic E-state index is 11.8. The molecule has 2 aliphatic rings. The van der Waals surface area contributed by atoms with Crippen molar-refractivity contribution in [1.29, 1.82) is 0 Å². The first-order chi connectivity index (χ1) is 12.7. The van der Waals surface area contributed by atoms with E-state index in [0.29, 0.717) is 25.2 Å². The molecular weight excluding hydrogens is 330 g/mol. The van der Waals surface area contributed by atoms with E-state index in [1.165, 1.54) is 0 Å². The van der Waals surface area contributed by atoms with Crippen LogP contribution in [0, 0.1) is 0 Å². The van der Waals surface area contributed by atoms with Crippen LogP contribution in [-0.4, -0.2) is 66.3 Å². The molecule has 1 aromatic rings. The number of nitrogens with zero attached hydrogens (tertiary/aromatic N) is 3. The summed E-state index contributed by atoms with van der Waals surface area (Å²) in [7, 11) is 0. The minimum absolute atomic E-state index is 0.162. The van der Waals surface area contributed by atoms with Crippen molar-refractivity contribution in [3.8, 4) is 5.88 Å². The summed E-state index contributed by atoms with van der Waals surface area (Å²) in [5, 5.41) is 0. The second-order valence-electron chi connectivity index (χ2n) is 7.06. The molecule has 0 radical (unpaired) electrons. The van der Waals surface area contributed by atoms with Crippen LogP contribution in [0.15, 0.2) is 18.2 Å². The van der Waals surface area contributed by atoms with Crippen molar-refractivity contribution >= 4 is 6.09 Å². The van der Waals surface area contributed by atoms with E-state index in [1.807, 2.05) is 30.9 Å². The number of carbonyl (C=O) groups excluding carboxylic acids is 1. The van der Waals surface area contributed by atoms with Gasteiger partial charge in [-0.2, -0.15) is 0 Å². The van der Waals surface area contributed by atoms with E-state index in [9.17, 15) is 4.79 Å². The lowest BCUT2D eigenvalue weighted by atomic mass is 9.91. The molecule has 0 N–H and O–H groups in total. The molecule has 6 heteroatoms. The van der Waals surface area contributed by atoms with E-state index in [-0.39, 0.29) is 6.09 Å². The summed E-state index contributed by atoms with van der Waals surface area (Å²) in [4.78, 5) is 20.9. The van der Waals surface area contributed by atoms with E-state index in [0.717, 1.165) is 63.4 Å². The molecule has 26 heavy (non-hydrogen) atoms. The summed E-state index contributed by atoms with van der Waals surface area (Å²) in [6, 6.07) is 6.69. The van der Waals surface area contributed by atoms with Gasteiger partial charge in [0, 0.05) is 36.8 Å². The molecule has 1 amide bonds. The minimum atomic E-state index is -0.162. The van der Waals surface area contributed by atoms with Crippen LogP contribution in [0.3, 0.4) is 0 Å². The Hall–Kier alpha value is -1.82. The van der Waals surface area contributed by atoms with Crippen LogP contribution in [0.1, 0.15) is 51.1 Å². The molecule has 6 nitrogen and oxygen atoms in total. The van der Waals surface area contributed by atoms with Crippen molar-refractivity contribution in [2.45, 2.75) is 51.5 Å². The average molecular weight is 361 g/mol. The fourth-order valence-corrected chi connectivity index (χ4v) is 4.08. The summed E-state index contributed by atoms with van der Waals surface area (Å²) >= 11 is 0. The zero-order valence-electron chi connectivity index (χ0n) is 16.0. The molecule has 2 fully saturated rings. The summed E-state index contributed by atoms with van der Waals surface area (Å²) in [5.74, 6) is 1.25. The van der Waals surface area contributed by atoms with E-state index in [4.69, 9.17) is 9.47 Å². The third kappa shape index (κ3) is 4.67. The molecule has 0 aromatic carbocycles. The number of hydrogen-bond donors (Lipinski definition) is 0. The number of hydrogen-bond acceptors (Lipinski definition) is 5. The van der Waals surface area contributed by atoms with Gasteiger partial charge in [0.25, 0.3) is 0 Å². The lowest BCUT2D eigenvalue weighted by Crippen LogP contribution is -2.49. The highest BCUT2D eigenvalue weighted by Crippen LogP contribution is 2.30. The number of ether oxygens (including phenoxy) is 2. The van der Waals surface area contributed by atoms with Crippen molar-refractivity contribution in [3.05, 3.63) is 23.9 Å². The first-order valence-corrected chi connectivity index (χ1v) is 9.96. The maximum absolute atomic E-state index is 11.8. The molecule has 0 spiro atoms. The van der Waals surface area contributed by atoms with Gasteiger partial charge in [-0.1, -0.05) is 6.07 Å². The first-order valence-electron chi connectivity index (χ1n) is 9.96. The Morgan fingerprint density at radius 1 is 1.08 bits per heavy atom. The minimum Gasteiger partial charge on any atom is -0.478 e. The summed E-state index contributed by atoms with van der Waals surface area (Å²) in [6.07, 6.45) is 4.20. The van der Waals surface area contributed by atoms with Gasteiger partial charge in [0.15, 0.2) is 0 Å². The molecule has 144 valence electrons. The molecule has 2 aliphatic heterocycles. The third-order valence-electron chi connectivity index (χ3n) is 5.49. The van der Waals surface area contributed by atoms with Crippen molar-refractivity contribution in [3.63, 3.8) is 0 Å². The largest absolute Gasteiger partial charge is 0.478 e. The predicted octanol–water partition coefficient (Wildman–Crippen LogP) is 3.28. The average Bonchev–Trinajstić information content (AvgIpc) is 2.69. The monoisotopic (exact) mass is 361 g/mol. The maximum Gasteiger partial charge on any atom is 0.409 e. The van der Waals surface area contributed by atoms with E-state index in [2.05, 4.69) is 16.0 Å². The lowest BCUT2D eigenvalue weighted by molar-refractivity contribution is 0.0661. The van der Waals surface area contributed by atoms with E-state index >= 15 is 0 Å². The summed E-state index contributed by atoms with van der Waals surface area (Å²) in [6.45, 7) is 8.77. The zero-order valence-corrected chi connectivity index (χ0v) is 16.0. The van der Waals surface area contributed by atoms with E-state index < -0.39 is 0 Å². The smallest absolute Gasteiger partial charge is 0.409 e. The van der Waals surface area contributed by atoms with Gasteiger partial charge in [-0.25, -0.2) is 9.78 Å². The lowest BCUT2D eigenvalue weighted by Gasteiger charge is -2.41. The number of rotatable bonds is 5. The van der Waals surface area contributed by atoms with Gasteiger partial charge in [0.1, 0.15) is 0 Å². The normalized spacial score (nSPS) is 20.2. The Balaban J connectivity index is 1.47. The molecule has 0 unspecified atom stereocenters. The van der Waals surface area contributed by atoms with Gasteiger partial charge < -0.3 is 19.3 Å².